The number of rotatable bonds is 4. The minimum atomic E-state index is 0.595. The predicted molar refractivity (Wildman–Crippen MR) is 69.3 cm³/mol. The summed E-state index contributed by atoms with van der Waals surface area (Å²) in [5, 5.41) is 3.56. The van der Waals surface area contributed by atoms with Gasteiger partial charge in [0.25, 0.3) is 0 Å². The second-order valence-corrected chi connectivity index (χ2v) is 5.54. The molecule has 1 atom stereocenters. The Balaban J connectivity index is 1.93. The molecule has 1 aromatic rings. The van der Waals surface area contributed by atoms with Crippen LogP contribution >= 0.6 is 15.9 Å². The van der Waals surface area contributed by atoms with Gasteiger partial charge in [0.1, 0.15) is 0 Å². The molecule has 2 rings (SSSR count). The first-order chi connectivity index (χ1) is 7.15. The highest BCUT2D eigenvalue weighted by molar-refractivity contribution is 9.10. The molecule has 1 saturated carbocycles. The topological polar surface area (TPSA) is 12.0 Å². The molecular formula is C13H18BrN. The van der Waals surface area contributed by atoms with E-state index in [4.69, 9.17) is 0 Å². The molecule has 1 N–H and O–H groups in total. The SMILES string of the molecule is Cc1cc(NC(C)CC2CC2)ccc1Br. The molecule has 1 nitrogen and oxygen atoms in total. The number of anilines is 1. The van der Waals surface area contributed by atoms with E-state index in [-0.39, 0.29) is 0 Å². The summed E-state index contributed by atoms with van der Waals surface area (Å²) in [6, 6.07) is 7.05. The molecule has 1 fully saturated rings. The lowest BCUT2D eigenvalue weighted by Crippen LogP contribution is -2.15. The van der Waals surface area contributed by atoms with Crippen molar-refractivity contribution in [2.75, 3.05) is 5.32 Å². The molecule has 0 spiro atoms. The average Bonchev–Trinajstić information content (AvgIpc) is 2.95. The van der Waals surface area contributed by atoms with Gasteiger partial charge >= 0.3 is 0 Å². The van der Waals surface area contributed by atoms with E-state index in [9.17, 15) is 0 Å². The lowest BCUT2D eigenvalue weighted by molar-refractivity contribution is 0.642. The highest BCUT2D eigenvalue weighted by atomic mass is 79.9. The molecule has 0 amide bonds. The summed E-state index contributed by atoms with van der Waals surface area (Å²) in [6.45, 7) is 4.40. The van der Waals surface area contributed by atoms with Gasteiger partial charge in [-0.2, -0.15) is 0 Å². The van der Waals surface area contributed by atoms with Crippen molar-refractivity contribution >= 4 is 21.6 Å². The van der Waals surface area contributed by atoms with Gasteiger partial charge in [-0.15, -0.1) is 0 Å². The second-order valence-electron chi connectivity index (χ2n) is 4.69. The van der Waals surface area contributed by atoms with Crippen LogP contribution < -0.4 is 5.32 Å². The van der Waals surface area contributed by atoms with Gasteiger partial charge < -0.3 is 5.32 Å². The molecule has 1 aliphatic rings. The van der Waals surface area contributed by atoms with Crippen molar-refractivity contribution < 1.29 is 0 Å². The van der Waals surface area contributed by atoms with Crippen LogP contribution in [-0.4, -0.2) is 6.04 Å². The highest BCUT2D eigenvalue weighted by Crippen LogP contribution is 2.34. The Morgan fingerprint density at radius 2 is 2.20 bits per heavy atom. The van der Waals surface area contributed by atoms with Crippen molar-refractivity contribution in [1.82, 2.24) is 0 Å². The van der Waals surface area contributed by atoms with Crippen LogP contribution in [0.3, 0.4) is 0 Å². The Morgan fingerprint density at radius 3 is 2.80 bits per heavy atom. The quantitative estimate of drug-likeness (QED) is 0.855. The molecule has 0 bridgehead atoms. The first-order valence-electron chi connectivity index (χ1n) is 5.68. The molecule has 0 radical (unpaired) electrons. The maximum Gasteiger partial charge on any atom is 0.0345 e. The smallest absolute Gasteiger partial charge is 0.0345 e. The number of aryl methyl sites for hydroxylation is 1. The van der Waals surface area contributed by atoms with Gasteiger partial charge in [-0.3, -0.25) is 0 Å². The number of nitrogens with one attached hydrogen (secondary N) is 1. The van der Waals surface area contributed by atoms with E-state index in [0.717, 1.165) is 5.92 Å². The molecule has 0 saturated heterocycles. The molecule has 15 heavy (non-hydrogen) atoms. The van der Waals surface area contributed by atoms with Crippen LogP contribution in [0.15, 0.2) is 22.7 Å². The maximum atomic E-state index is 3.56. The lowest BCUT2D eigenvalue weighted by Gasteiger charge is -2.15. The zero-order valence-electron chi connectivity index (χ0n) is 9.39. The second kappa shape index (κ2) is 4.56. The molecule has 0 aromatic heterocycles. The highest BCUT2D eigenvalue weighted by Gasteiger charge is 2.23. The molecule has 0 aliphatic heterocycles. The van der Waals surface area contributed by atoms with Gasteiger partial charge in [-0.1, -0.05) is 28.8 Å². The van der Waals surface area contributed by atoms with Gasteiger partial charge in [0.05, 0.1) is 0 Å². The first kappa shape index (κ1) is 11.0. The zero-order chi connectivity index (χ0) is 10.8. The number of benzene rings is 1. The summed E-state index contributed by atoms with van der Waals surface area (Å²) >= 11 is 3.52. The summed E-state index contributed by atoms with van der Waals surface area (Å²) in [5.74, 6) is 0.990. The summed E-state index contributed by atoms with van der Waals surface area (Å²) in [5.41, 5.74) is 2.53. The lowest BCUT2D eigenvalue weighted by atomic mass is 10.1. The molecule has 1 unspecified atom stereocenters. The largest absolute Gasteiger partial charge is 0.383 e. The van der Waals surface area contributed by atoms with Gasteiger partial charge in [0.2, 0.25) is 0 Å². The van der Waals surface area contributed by atoms with Crippen LogP contribution in [0.1, 0.15) is 31.7 Å². The Kier molecular flexibility index (Phi) is 3.35. The van der Waals surface area contributed by atoms with Crippen molar-refractivity contribution in [2.24, 2.45) is 5.92 Å². The minimum absolute atomic E-state index is 0.595. The fourth-order valence-electron chi connectivity index (χ4n) is 1.93. The monoisotopic (exact) mass is 267 g/mol. The standard InChI is InChI=1S/C13H18BrN/c1-9-7-12(5-6-13(9)14)15-10(2)8-11-3-4-11/h5-7,10-11,15H,3-4,8H2,1-2H3. The van der Waals surface area contributed by atoms with E-state index in [1.807, 2.05) is 0 Å². The van der Waals surface area contributed by atoms with E-state index in [0.29, 0.717) is 6.04 Å². The minimum Gasteiger partial charge on any atom is -0.383 e. The summed E-state index contributed by atoms with van der Waals surface area (Å²) < 4.78 is 1.18. The van der Waals surface area contributed by atoms with Crippen LogP contribution in [0.4, 0.5) is 5.69 Å². The Bertz CT molecular complexity index is 344. The predicted octanol–water partition coefficient (Wildman–Crippen LogP) is 4.36. The van der Waals surface area contributed by atoms with E-state index < -0.39 is 0 Å². The van der Waals surface area contributed by atoms with Gasteiger partial charge in [0.15, 0.2) is 0 Å². The summed E-state index contributed by atoms with van der Waals surface area (Å²) in [4.78, 5) is 0. The molecule has 1 aliphatic carbocycles. The van der Waals surface area contributed by atoms with Crippen molar-refractivity contribution in [1.29, 1.82) is 0 Å². The average molecular weight is 268 g/mol. The van der Waals surface area contributed by atoms with E-state index in [1.165, 1.54) is 35.0 Å². The fraction of sp³-hybridized carbons (Fsp3) is 0.538. The van der Waals surface area contributed by atoms with Crippen LogP contribution in [0.2, 0.25) is 0 Å². The number of halogens is 1. The van der Waals surface area contributed by atoms with E-state index >= 15 is 0 Å². The third-order valence-corrected chi connectivity index (χ3v) is 3.84. The Labute approximate surface area is 100 Å². The molecule has 1 aromatic carbocycles. The van der Waals surface area contributed by atoms with Crippen molar-refractivity contribution in [3.8, 4) is 0 Å². The van der Waals surface area contributed by atoms with Crippen LogP contribution in [0.25, 0.3) is 0 Å². The van der Waals surface area contributed by atoms with E-state index in [2.05, 4.69) is 53.3 Å². The Hall–Kier alpha value is -0.500. The molecule has 2 heteroatoms. The maximum absolute atomic E-state index is 3.56. The zero-order valence-corrected chi connectivity index (χ0v) is 11.0. The van der Waals surface area contributed by atoms with Crippen molar-refractivity contribution in [2.45, 2.75) is 39.2 Å². The van der Waals surface area contributed by atoms with Crippen LogP contribution in [-0.2, 0) is 0 Å². The van der Waals surface area contributed by atoms with Crippen LogP contribution in [0.5, 0.6) is 0 Å². The fourth-order valence-corrected chi connectivity index (χ4v) is 2.18. The van der Waals surface area contributed by atoms with Crippen molar-refractivity contribution in [3.05, 3.63) is 28.2 Å². The van der Waals surface area contributed by atoms with Crippen molar-refractivity contribution in [3.63, 3.8) is 0 Å². The molecular weight excluding hydrogens is 250 g/mol. The summed E-state index contributed by atoms with van der Waals surface area (Å²) in [6.07, 6.45) is 4.19. The van der Waals surface area contributed by atoms with E-state index in [1.54, 1.807) is 0 Å². The first-order valence-corrected chi connectivity index (χ1v) is 6.47. The van der Waals surface area contributed by atoms with Gasteiger partial charge in [-0.25, -0.2) is 0 Å². The number of hydrogen-bond acceptors (Lipinski definition) is 1. The normalized spacial score (nSPS) is 17.5. The number of hydrogen-bond donors (Lipinski definition) is 1. The third-order valence-electron chi connectivity index (χ3n) is 2.95. The van der Waals surface area contributed by atoms with Gasteiger partial charge in [0, 0.05) is 16.2 Å². The summed E-state index contributed by atoms with van der Waals surface area (Å²) in [7, 11) is 0. The van der Waals surface area contributed by atoms with Crippen LogP contribution in [0, 0.1) is 12.8 Å². The third kappa shape index (κ3) is 3.23. The molecule has 0 heterocycles. The van der Waals surface area contributed by atoms with Gasteiger partial charge in [-0.05, 0) is 49.9 Å². The molecule has 82 valence electrons. The Morgan fingerprint density at radius 1 is 1.47 bits per heavy atom.